The van der Waals surface area contributed by atoms with Crippen LogP contribution in [0.5, 0.6) is 0 Å². The van der Waals surface area contributed by atoms with Gasteiger partial charge in [-0.3, -0.25) is 0 Å². The molecule has 0 N–H and O–H groups in total. The van der Waals surface area contributed by atoms with Crippen molar-refractivity contribution < 1.29 is 13.2 Å². The van der Waals surface area contributed by atoms with E-state index in [0.29, 0.717) is 16.9 Å². The Morgan fingerprint density at radius 2 is 1.88 bits per heavy atom. The van der Waals surface area contributed by atoms with Gasteiger partial charge >= 0.3 is 6.18 Å². The zero-order chi connectivity index (χ0) is 12.6. The second kappa shape index (κ2) is 3.87. The van der Waals surface area contributed by atoms with Crippen molar-refractivity contribution in [3.63, 3.8) is 0 Å². The molecule has 0 aliphatic rings. The minimum Gasteiger partial charge on any atom is -0.363 e. The number of hydrogen-bond acceptors (Lipinski definition) is 3. The monoisotopic (exact) mass is 241 g/mol. The molecule has 0 fully saturated rings. The van der Waals surface area contributed by atoms with Crippen LogP contribution < -0.4 is 4.90 Å². The van der Waals surface area contributed by atoms with Gasteiger partial charge in [0.05, 0.1) is 5.56 Å². The summed E-state index contributed by atoms with van der Waals surface area (Å²) in [6.45, 7) is 0. The quantitative estimate of drug-likeness (QED) is 0.768. The van der Waals surface area contributed by atoms with E-state index in [2.05, 4.69) is 9.97 Å². The molecule has 0 saturated carbocycles. The van der Waals surface area contributed by atoms with Crippen molar-refractivity contribution in [2.24, 2.45) is 0 Å². The van der Waals surface area contributed by atoms with E-state index in [1.165, 1.54) is 0 Å². The Morgan fingerprint density at radius 3 is 2.47 bits per heavy atom. The third-order valence-corrected chi connectivity index (χ3v) is 2.31. The van der Waals surface area contributed by atoms with E-state index < -0.39 is 11.7 Å². The molecule has 2 heterocycles. The van der Waals surface area contributed by atoms with Gasteiger partial charge in [-0.2, -0.15) is 13.2 Å². The highest BCUT2D eigenvalue weighted by Gasteiger charge is 2.31. The van der Waals surface area contributed by atoms with E-state index in [9.17, 15) is 13.2 Å². The van der Waals surface area contributed by atoms with Crippen LogP contribution in [0.4, 0.5) is 19.0 Å². The second-order valence-electron chi connectivity index (χ2n) is 3.83. The molecule has 3 nitrogen and oxygen atoms in total. The lowest BCUT2D eigenvalue weighted by Crippen LogP contribution is -2.11. The highest BCUT2D eigenvalue weighted by Crippen LogP contribution is 2.30. The summed E-state index contributed by atoms with van der Waals surface area (Å²) in [5.74, 6) is 0.657. The summed E-state index contributed by atoms with van der Waals surface area (Å²) in [5, 5.41) is 0.380. The van der Waals surface area contributed by atoms with E-state index in [4.69, 9.17) is 0 Å². The van der Waals surface area contributed by atoms with Gasteiger partial charge in [-0.15, -0.1) is 0 Å². The molecule has 0 spiro atoms. The van der Waals surface area contributed by atoms with Crippen LogP contribution in [-0.4, -0.2) is 24.1 Å². The molecular weight excluding hydrogens is 231 g/mol. The largest absolute Gasteiger partial charge is 0.417 e. The van der Waals surface area contributed by atoms with Crippen LogP contribution in [0, 0.1) is 0 Å². The molecule has 6 heteroatoms. The zero-order valence-corrected chi connectivity index (χ0v) is 9.28. The molecule has 0 aliphatic heterocycles. The molecule has 0 radical (unpaired) electrons. The molecule has 0 aliphatic carbocycles. The predicted octanol–water partition coefficient (Wildman–Crippen LogP) is 2.71. The fourth-order valence-electron chi connectivity index (χ4n) is 1.40. The van der Waals surface area contributed by atoms with E-state index in [1.807, 2.05) is 0 Å². The van der Waals surface area contributed by atoms with Gasteiger partial charge in [0.1, 0.15) is 5.82 Å². The molecule has 2 rings (SSSR count). The lowest BCUT2D eigenvalue weighted by molar-refractivity contribution is -0.137. The second-order valence-corrected chi connectivity index (χ2v) is 3.83. The van der Waals surface area contributed by atoms with Crippen LogP contribution in [0.25, 0.3) is 11.0 Å². The molecule has 0 amide bonds. The molecule has 0 aromatic carbocycles. The van der Waals surface area contributed by atoms with Crippen molar-refractivity contribution in [3.8, 4) is 0 Å². The van der Waals surface area contributed by atoms with Crippen molar-refractivity contribution in [2.75, 3.05) is 19.0 Å². The van der Waals surface area contributed by atoms with Gasteiger partial charge in [-0.25, -0.2) is 9.97 Å². The van der Waals surface area contributed by atoms with Crippen LogP contribution >= 0.6 is 0 Å². The maximum atomic E-state index is 12.5. The smallest absolute Gasteiger partial charge is 0.363 e. The first-order chi connectivity index (χ1) is 7.88. The fraction of sp³-hybridized carbons (Fsp3) is 0.273. The first kappa shape index (κ1) is 11.6. The Bertz CT molecular complexity index is 549. The van der Waals surface area contributed by atoms with E-state index in [1.54, 1.807) is 31.1 Å². The Kier molecular flexibility index (Phi) is 2.65. The minimum atomic E-state index is -4.37. The number of pyridine rings is 2. The average molecular weight is 241 g/mol. The average Bonchev–Trinajstić information content (AvgIpc) is 2.26. The van der Waals surface area contributed by atoms with Gasteiger partial charge in [0.2, 0.25) is 0 Å². The van der Waals surface area contributed by atoms with E-state index >= 15 is 0 Å². The number of fused-ring (bicyclic) bond motifs is 1. The number of hydrogen-bond donors (Lipinski definition) is 0. The van der Waals surface area contributed by atoms with Crippen LogP contribution in [-0.2, 0) is 6.18 Å². The predicted molar refractivity (Wildman–Crippen MR) is 58.9 cm³/mol. The van der Waals surface area contributed by atoms with Gasteiger partial charge in [0.15, 0.2) is 5.65 Å². The zero-order valence-electron chi connectivity index (χ0n) is 9.28. The first-order valence-electron chi connectivity index (χ1n) is 4.89. The van der Waals surface area contributed by atoms with Crippen LogP contribution in [0.1, 0.15) is 5.56 Å². The minimum absolute atomic E-state index is 0.309. The van der Waals surface area contributed by atoms with Crippen LogP contribution in [0.15, 0.2) is 24.4 Å². The molecule has 17 heavy (non-hydrogen) atoms. The molecule has 2 aromatic heterocycles. The summed E-state index contributed by atoms with van der Waals surface area (Å²) in [5.41, 5.74) is -0.450. The number of nitrogens with zero attached hydrogens (tertiary/aromatic N) is 3. The standard InChI is InChI=1S/C11H10F3N3/c1-17(2)9-4-3-7-5-8(11(12,13)14)6-15-10(7)16-9/h3-6H,1-2H3. The molecule has 0 saturated heterocycles. The third-order valence-electron chi connectivity index (χ3n) is 2.31. The molecule has 0 unspecified atom stereocenters. The van der Waals surface area contributed by atoms with Gasteiger partial charge in [-0.1, -0.05) is 0 Å². The lowest BCUT2D eigenvalue weighted by Gasteiger charge is -2.12. The maximum Gasteiger partial charge on any atom is 0.417 e. The van der Waals surface area contributed by atoms with Crippen molar-refractivity contribution in [3.05, 3.63) is 30.0 Å². The molecule has 0 atom stereocenters. The normalized spacial score (nSPS) is 11.8. The van der Waals surface area contributed by atoms with Crippen LogP contribution in [0.3, 0.4) is 0 Å². The number of rotatable bonds is 1. The SMILES string of the molecule is CN(C)c1ccc2cc(C(F)(F)F)cnc2n1. The highest BCUT2D eigenvalue weighted by molar-refractivity contribution is 5.77. The summed E-state index contributed by atoms with van der Waals surface area (Å²) < 4.78 is 37.4. The van der Waals surface area contributed by atoms with E-state index in [-0.39, 0.29) is 0 Å². The van der Waals surface area contributed by atoms with Crippen molar-refractivity contribution in [1.29, 1.82) is 0 Å². The molecule has 90 valence electrons. The van der Waals surface area contributed by atoms with Gasteiger partial charge in [0, 0.05) is 25.7 Å². The number of alkyl halides is 3. The number of aromatic nitrogens is 2. The Balaban J connectivity index is 2.54. The third kappa shape index (κ3) is 2.30. The summed E-state index contributed by atoms with van der Waals surface area (Å²) in [6, 6.07) is 4.29. The topological polar surface area (TPSA) is 29.0 Å². The van der Waals surface area contributed by atoms with Crippen molar-refractivity contribution in [1.82, 2.24) is 9.97 Å². The van der Waals surface area contributed by atoms with Gasteiger partial charge < -0.3 is 4.90 Å². The molecular formula is C11H10F3N3. The van der Waals surface area contributed by atoms with Gasteiger partial charge in [-0.05, 0) is 18.2 Å². The summed E-state index contributed by atoms with van der Waals surface area (Å²) in [4.78, 5) is 9.64. The maximum absolute atomic E-state index is 12.5. The highest BCUT2D eigenvalue weighted by atomic mass is 19.4. The van der Waals surface area contributed by atoms with Crippen molar-refractivity contribution in [2.45, 2.75) is 6.18 Å². The lowest BCUT2D eigenvalue weighted by atomic mass is 10.2. The van der Waals surface area contributed by atoms with Gasteiger partial charge in [0.25, 0.3) is 0 Å². The number of halogens is 3. The summed E-state index contributed by atoms with van der Waals surface area (Å²) >= 11 is 0. The first-order valence-corrected chi connectivity index (χ1v) is 4.89. The van der Waals surface area contributed by atoms with Crippen LogP contribution in [0.2, 0.25) is 0 Å². The summed E-state index contributed by atoms with van der Waals surface area (Å²) in [7, 11) is 3.61. The Morgan fingerprint density at radius 1 is 1.18 bits per heavy atom. The Labute approximate surface area is 95.9 Å². The van der Waals surface area contributed by atoms with E-state index in [0.717, 1.165) is 12.3 Å². The summed E-state index contributed by atoms with van der Waals surface area (Å²) in [6.07, 6.45) is -3.57. The molecule has 2 aromatic rings. The number of anilines is 1. The molecule has 0 bridgehead atoms. The Hall–Kier alpha value is -1.85. The fourth-order valence-corrected chi connectivity index (χ4v) is 1.40. The van der Waals surface area contributed by atoms with Crippen molar-refractivity contribution >= 4 is 16.9 Å².